The van der Waals surface area contributed by atoms with E-state index in [0.29, 0.717) is 18.0 Å². The first-order valence-corrected chi connectivity index (χ1v) is 10.7. The van der Waals surface area contributed by atoms with Crippen molar-refractivity contribution in [3.05, 3.63) is 95.6 Å². The van der Waals surface area contributed by atoms with E-state index in [0.717, 1.165) is 23.1 Å². The monoisotopic (exact) mass is 379 g/mol. The molecule has 3 aromatic rings. The molecule has 0 aliphatic rings. The van der Waals surface area contributed by atoms with Crippen molar-refractivity contribution in [2.75, 3.05) is 4.72 Å². The number of nitrogens with one attached hydrogen (secondary N) is 1. The summed E-state index contributed by atoms with van der Waals surface area (Å²) in [5.41, 5.74) is 3.85. The van der Waals surface area contributed by atoms with Gasteiger partial charge in [-0.05, 0) is 53.6 Å². The molecular weight excluding hydrogens is 354 g/mol. The first-order valence-electron chi connectivity index (χ1n) is 9.17. The average molecular weight is 380 g/mol. The predicted octanol–water partition coefficient (Wildman–Crippen LogP) is 5.28. The van der Waals surface area contributed by atoms with E-state index in [1.54, 1.807) is 12.1 Å². The van der Waals surface area contributed by atoms with Crippen LogP contribution in [0.4, 0.5) is 5.69 Å². The summed E-state index contributed by atoms with van der Waals surface area (Å²) < 4.78 is 28.4. The Kier molecular flexibility index (Phi) is 5.97. The first-order chi connectivity index (χ1) is 12.9. The van der Waals surface area contributed by atoms with Crippen LogP contribution in [-0.2, 0) is 22.9 Å². The third-order valence-corrected chi connectivity index (χ3v) is 5.76. The smallest absolute Gasteiger partial charge is 0.261 e. The Bertz CT molecular complexity index is 978. The van der Waals surface area contributed by atoms with E-state index in [-0.39, 0.29) is 4.90 Å². The van der Waals surface area contributed by atoms with Crippen molar-refractivity contribution in [2.45, 2.75) is 31.6 Å². The lowest BCUT2D eigenvalue weighted by Gasteiger charge is -2.13. The van der Waals surface area contributed by atoms with Crippen LogP contribution in [0.3, 0.4) is 0 Å². The number of sulfonamides is 1. The molecule has 0 aromatic heterocycles. The fourth-order valence-corrected chi connectivity index (χ4v) is 4.17. The van der Waals surface area contributed by atoms with Gasteiger partial charge in [0.2, 0.25) is 0 Å². The fraction of sp³-hybridized carbons (Fsp3) is 0.217. The summed E-state index contributed by atoms with van der Waals surface area (Å²) in [5.74, 6) is 0.537. The maximum atomic E-state index is 12.8. The molecule has 4 heteroatoms. The van der Waals surface area contributed by atoms with Gasteiger partial charge in [-0.1, -0.05) is 74.5 Å². The van der Waals surface area contributed by atoms with Gasteiger partial charge in [-0.2, -0.15) is 0 Å². The summed E-state index contributed by atoms with van der Waals surface area (Å²) >= 11 is 0. The molecule has 0 saturated heterocycles. The van der Waals surface area contributed by atoms with Gasteiger partial charge in [-0.15, -0.1) is 0 Å². The molecule has 1 N–H and O–H groups in total. The fourth-order valence-electron chi connectivity index (χ4n) is 3.07. The molecule has 0 heterocycles. The van der Waals surface area contributed by atoms with E-state index in [9.17, 15) is 8.42 Å². The second-order valence-corrected chi connectivity index (χ2v) is 8.85. The Hall–Kier alpha value is -2.59. The number of para-hydroxylation sites is 1. The first kappa shape index (κ1) is 19.2. The lowest BCUT2D eigenvalue weighted by atomic mass is 10.0. The number of benzene rings is 3. The van der Waals surface area contributed by atoms with Gasteiger partial charge in [0.15, 0.2) is 0 Å². The molecule has 0 saturated carbocycles. The van der Waals surface area contributed by atoms with Crippen LogP contribution in [0, 0.1) is 5.92 Å². The second kappa shape index (κ2) is 8.40. The van der Waals surface area contributed by atoms with Crippen LogP contribution < -0.4 is 4.72 Å². The van der Waals surface area contributed by atoms with Gasteiger partial charge in [-0.3, -0.25) is 4.72 Å². The highest BCUT2D eigenvalue weighted by atomic mass is 32.2. The van der Waals surface area contributed by atoms with Gasteiger partial charge >= 0.3 is 0 Å². The molecule has 27 heavy (non-hydrogen) atoms. The van der Waals surface area contributed by atoms with Gasteiger partial charge in [0.05, 0.1) is 10.6 Å². The van der Waals surface area contributed by atoms with Crippen molar-refractivity contribution >= 4 is 15.7 Å². The van der Waals surface area contributed by atoms with Gasteiger partial charge in [-0.25, -0.2) is 8.42 Å². The van der Waals surface area contributed by atoms with Crippen LogP contribution >= 0.6 is 0 Å². The number of hydrogen-bond acceptors (Lipinski definition) is 2. The van der Waals surface area contributed by atoms with E-state index >= 15 is 0 Å². The van der Waals surface area contributed by atoms with E-state index in [2.05, 4.69) is 18.6 Å². The topological polar surface area (TPSA) is 46.2 Å². The average Bonchev–Trinajstić information content (AvgIpc) is 2.64. The van der Waals surface area contributed by atoms with Gasteiger partial charge < -0.3 is 0 Å². The Labute approximate surface area is 162 Å². The molecule has 3 nitrogen and oxygen atoms in total. The lowest BCUT2D eigenvalue weighted by molar-refractivity contribution is 0.601. The molecule has 0 bridgehead atoms. The maximum Gasteiger partial charge on any atom is 0.261 e. The van der Waals surface area contributed by atoms with Crippen molar-refractivity contribution in [2.24, 2.45) is 5.92 Å². The summed E-state index contributed by atoms with van der Waals surface area (Å²) in [4.78, 5) is 0.282. The van der Waals surface area contributed by atoms with Crippen molar-refractivity contribution < 1.29 is 8.42 Å². The van der Waals surface area contributed by atoms with E-state index < -0.39 is 10.0 Å². The summed E-state index contributed by atoms with van der Waals surface area (Å²) in [5, 5.41) is 0. The largest absolute Gasteiger partial charge is 0.279 e. The highest BCUT2D eigenvalue weighted by molar-refractivity contribution is 7.92. The van der Waals surface area contributed by atoms with Crippen molar-refractivity contribution in [3.63, 3.8) is 0 Å². The van der Waals surface area contributed by atoms with Crippen LogP contribution in [-0.4, -0.2) is 8.42 Å². The molecule has 140 valence electrons. The van der Waals surface area contributed by atoms with Gasteiger partial charge in [0.1, 0.15) is 0 Å². The van der Waals surface area contributed by atoms with Crippen molar-refractivity contribution in [1.82, 2.24) is 0 Å². The van der Waals surface area contributed by atoms with Crippen LogP contribution in [0.2, 0.25) is 0 Å². The summed E-state index contributed by atoms with van der Waals surface area (Å²) in [7, 11) is -3.62. The van der Waals surface area contributed by atoms with Crippen molar-refractivity contribution in [1.29, 1.82) is 0 Å². The standard InChI is InChI=1S/C23H25NO2S/c1-18(2)16-20-12-14-22(15-13-20)27(25,26)24-23-11-7-6-10-21(23)17-19-8-4-3-5-9-19/h3-15,18,24H,16-17H2,1-2H3. The zero-order valence-electron chi connectivity index (χ0n) is 15.7. The number of anilines is 1. The van der Waals surface area contributed by atoms with Crippen LogP contribution in [0.1, 0.15) is 30.5 Å². The molecule has 0 fully saturated rings. The SMILES string of the molecule is CC(C)Cc1ccc(S(=O)(=O)Nc2ccccc2Cc2ccccc2)cc1. The summed E-state index contributed by atoms with van der Waals surface area (Å²) in [6.45, 7) is 4.30. The number of rotatable bonds is 7. The quantitative estimate of drug-likeness (QED) is 0.607. The van der Waals surface area contributed by atoms with E-state index in [4.69, 9.17) is 0 Å². The molecule has 0 unspecified atom stereocenters. The van der Waals surface area contributed by atoms with Crippen LogP contribution in [0.5, 0.6) is 0 Å². The summed E-state index contributed by atoms with van der Waals surface area (Å²) in [6, 6.07) is 24.7. The summed E-state index contributed by atoms with van der Waals surface area (Å²) in [6.07, 6.45) is 1.61. The molecule has 0 atom stereocenters. The Morgan fingerprint density at radius 1 is 0.778 bits per heavy atom. The molecule has 0 aliphatic carbocycles. The van der Waals surface area contributed by atoms with Crippen LogP contribution in [0.25, 0.3) is 0 Å². The Morgan fingerprint density at radius 2 is 1.41 bits per heavy atom. The lowest BCUT2D eigenvalue weighted by Crippen LogP contribution is -2.14. The Balaban J connectivity index is 1.82. The zero-order chi connectivity index (χ0) is 19.3. The van der Waals surface area contributed by atoms with Crippen molar-refractivity contribution in [3.8, 4) is 0 Å². The van der Waals surface area contributed by atoms with Crippen LogP contribution in [0.15, 0.2) is 83.8 Å². The highest BCUT2D eigenvalue weighted by Crippen LogP contribution is 2.23. The minimum absolute atomic E-state index is 0.282. The van der Waals surface area contributed by atoms with Gasteiger partial charge in [0, 0.05) is 0 Å². The predicted molar refractivity (Wildman–Crippen MR) is 111 cm³/mol. The molecule has 0 spiro atoms. The molecule has 0 radical (unpaired) electrons. The minimum Gasteiger partial charge on any atom is -0.279 e. The molecular formula is C23H25NO2S. The highest BCUT2D eigenvalue weighted by Gasteiger charge is 2.16. The molecule has 0 aliphatic heterocycles. The Morgan fingerprint density at radius 3 is 2.07 bits per heavy atom. The van der Waals surface area contributed by atoms with E-state index in [1.807, 2.05) is 66.7 Å². The minimum atomic E-state index is -3.62. The molecule has 0 amide bonds. The molecule has 3 rings (SSSR count). The zero-order valence-corrected chi connectivity index (χ0v) is 16.5. The maximum absolute atomic E-state index is 12.8. The van der Waals surface area contributed by atoms with Gasteiger partial charge in [0.25, 0.3) is 10.0 Å². The normalized spacial score (nSPS) is 11.5. The van der Waals surface area contributed by atoms with E-state index in [1.165, 1.54) is 0 Å². The molecule has 3 aromatic carbocycles. The second-order valence-electron chi connectivity index (χ2n) is 7.17. The number of hydrogen-bond donors (Lipinski definition) is 1. The third kappa shape index (κ3) is 5.20. The third-order valence-electron chi connectivity index (χ3n) is 4.38.